The molecule has 3 aromatic heterocycles. The van der Waals surface area contributed by atoms with Crippen LogP contribution in [0.4, 0.5) is 0 Å². The zero-order chi connectivity index (χ0) is 19.7. The first-order valence-corrected chi connectivity index (χ1v) is 9.70. The standard InChI is InChI=1S/C22H18N2O3S/c1-14-5-7-16(8-6-14)18-9-11-28-20(18)22(26)27-13-17-12-19(25)24-10-3-4-15(2)21(24)23-17/h3-12H,13H2,1-2H3. The Bertz CT molecular complexity index is 1220. The van der Waals surface area contributed by atoms with Crippen molar-refractivity contribution in [2.24, 2.45) is 0 Å². The molecule has 0 fully saturated rings. The number of pyridine rings is 1. The van der Waals surface area contributed by atoms with Gasteiger partial charge in [0.25, 0.3) is 5.56 Å². The molecule has 140 valence electrons. The molecule has 0 aliphatic carbocycles. The number of hydrogen-bond donors (Lipinski definition) is 0. The van der Waals surface area contributed by atoms with Gasteiger partial charge in [0.05, 0.1) is 5.69 Å². The predicted molar refractivity (Wildman–Crippen MR) is 110 cm³/mol. The fraction of sp³-hybridized carbons (Fsp3) is 0.136. The van der Waals surface area contributed by atoms with E-state index < -0.39 is 5.97 Å². The maximum Gasteiger partial charge on any atom is 0.349 e. The summed E-state index contributed by atoms with van der Waals surface area (Å²) in [4.78, 5) is 29.9. The number of aromatic nitrogens is 2. The largest absolute Gasteiger partial charge is 0.455 e. The van der Waals surface area contributed by atoms with Crippen molar-refractivity contribution in [3.8, 4) is 11.1 Å². The van der Waals surface area contributed by atoms with Crippen LogP contribution >= 0.6 is 11.3 Å². The molecule has 4 aromatic rings. The summed E-state index contributed by atoms with van der Waals surface area (Å²) in [6, 6.07) is 15.0. The van der Waals surface area contributed by atoms with Gasteiger partial charge in [-0.3, -0.25) is 9.20 Å². The molecule has 3 heterocycles. The fourth-order valence-electron chi connectivity index (χ4n) is 3.02. The van der Waals surface area contributed by atoms with E-state index in [1.807, 2.05) is 55.6 Å². The summed E-state index contributed by atoms with van der Waals surface area (Å²) in [6.07, 6.45) is 1.67. The maximum absolute atomic E-state index is 12.6. The van der Waals surface area contributed by atoms with E-state index in [-0.39, 0.29) is 12.2 Å². The minimum absolute atomic E-state index is 0.0514. The lowest BCUT2D eigenvalue weighted by molar-refractivity contribution is 0.0474. The van der Waals surface area contributed by atoms with Crippen LogP contribution in [0.15, 0.2) is 64.9 Å². The first kappa shape index (κ1) is 18.1. The van der Waals surface area contributed by atoms with Crippen molar-refractivity contribution in [1.82, 2.24) is 9.38 Å². The predicted octanol–water partition coefficient (Wildman–Crippen LogP) is 4.40. The molecule has 0 radical (unpaired) electrons. The number of thiophene rings is 1. The van der Waals surface area contributed by atoms with Crippen molar-refractivity contribution in [3.05, 3.63) is 92.2 Å². The van der Waals surface area contributed by atoms with Gasteiger partial charge in [-0.15, -0.1) is 11.3 Å². The van der Waals surface area contributed by atoms with E-state index in [4.69, 9.17) is 4.74 Å². The molecule has 1 aromatic carbocycles. The molecule has 0 spiro atoms. The first-order valence-electron chi connectivity index (χ1n) is 8.82. The van der Waals surface area contributed by atoms with Gasteiger partial charge in [0, 0.05) is 17.8 Å². The number of ether oxygens (including phenoxy) is 1. The Kier molecular flexibility index (Phi) is 4.79. The Morgan fingerprint density at radius 1 is 1.14 bits per heavy atom. The van der Waals surface area contributed by atoms with Crippen molar-refractivity contribution >= 4 is 23.0 Å². The molecule has 0 atom stereocenters. The lowest BCUT2D eigenvalue weighted by atomic mass is 10.1. The minimum Gasteiger partial charge on any atom is -0.455 e. The Morgan fingerprint density at radius 2 is 1.93 bits per heavy atom. The van der Waals surface area contributed by atoms with E-state index in [1.54, 1.807) is 12.3 Å². The van der Waals surface area contributed by atoms with Crippen molar-refractivity contribution in [2.75, 3.05) is 0 Å². The fourth-order valence-corrected chi connectivity index (χ4v) is 3.82. The van der Waals surface area contributed by atoms with Gasteiger partial charge in [-0.05, 0) is 42.5 Å². The van der Waals surface area contributed by atoms with Crippen LogP contribution in [-0.4, -0.2) is 15.4 Å². The number of aryl methyl sites for hydroxylation is 2. The van der Waals surface area contributed by atoms with Crippen LogP contribution in [0.5, 0.6) is 0 Å². The lowest BCUT2D eigenvalue weighted by Crippen LogP contribution is -2.17. The summed E-state index contributed by atoms with van der Waals surface area (Å²) in [5.41, 5.74) is 4.66. The number of benzene rings is 1. The number of rotatable bonds is 4. The molecular weight excluding hydrogens is 372 g/mol. The second kappa shape index (κ2) is 7.40. The molecule has 5 nitrogen and oxygen atoms in total. The Hall–Kier alpha value is -3.25. The number of fused-ring (bicyclic) bond motifs is 1. The van der Waals surface area contributed by atoms with Gasteiger partial charge >= 0.3 is 5.97 Å². The van der Waals surface area contributed by atoms with E-state index in [1.165, 1.54) is 21.8 Å². The average Bonchev–Trinajstić information content (AvgIpc) is 3.17. The second-order valence-electron chi connectivity index (χ2n) is 6.58. The van der Waals surface area contributed by atoms with Crippen LogP contribution in [0.3, 0.4) is 0 Å². The van der Waals surface area contributed by atoms with Crippen molar-refractivity contribution in [1.29, 1.82) is 0 Å². The van der Waals surface area contributed by atoms with Crippen LogP contribution in [0.25, 0.3) is 16.8 Å². The lowest BCUT2D eigenvalue weighted by Gasteiger charge is -2.08. The maximum atomic E-state index is 12.6. The Balaban J connectivity index is 1.57. The molecule has 0 bridgehead atoms. The molecule has 0 saturated carbocycles. The van der Waals surface area contributed by atoms with Gasteiger partial charge in [-0.2, -0.15) is 0 Å². The number of carbonyl (C=O) groups is 1. The summed E-state index contributed by atoms with van der Waals surface area (Å²) in [6.45, 7) is 3.86. The molecule has 0 unspecified atom stereocenters. The summed E-state index contributed by atoms with van der Waals surface area (Å²) in [7, 11) is 0. The van der Waals surface area contributed by atoms with Crippen LogP contribution in [0.1, 0.15) is 26.5 Å². The molecule has 0 N–H and O–H groups in total. The molecule has 28 heavy (non-hydrogen) atoms. The van der Waals surface area contributed by atoms with Crippen molar-refractivity contribution in [3.63, 3.8) is 0 Å². The zero-order valence-electron chi connectivity index (χ0n) is 15.5. The third-order valence-corrected chi connectivity index (χ3v) is 5.40. The van der Waals surface area contributed by atoms with Crippen LogP contribution in [0, 0.1) is 13.8 Å². The quantitative estimate of drug-likeness (QED) is 0.485. The average molecular weight is 390 g/mol. The monoisotopic (exact) mass is 390 g/mol. The van der Waals surface area contributed by atoms with Crippen LogP contribution in [-0.2, 0) is 11.3 Å². The summed E-state index contributed by atoms with van der Waals surface area (Å²) < 4.78 is 6.94. The van der Waals surface area contributed by atoms with E-state index >= 15 is 0 Å². The van der Waals surface area contributed by atoms with Crippen molar-refractivity contribution in [2.45, 2.75) is 20.5 Å². The summed E-state index contributed by atoms with van der Waals surface area (Å²) in [5.74, 6) is -0.419. The summed E-state index contributed by atoms with van der Waals surface area (Å²) >= 11 is 1.34. The number of carbonyl (C=O) groups excluding carboxylic acids is 1. The normalized spacial score (nSPS) is 10.9. The van der Waals surface area contributed by atoms with Gasteiger partial charge in [-0.1, -0.05) is 35.9 Å². The Labute approximate surface area is 165 Å². The molecule has 0 saturated heterocycles. The number of esters is 1. The van der Waals surface area contributed by atoms with Gasteiger partial charge in [0.15, 0.2) is 0 Å². The highest BCUT2D eigenvalue weighted by molar-refractivity contribution is 7.12. The number of hydrogen-bond acceptors (Lipinski definition) is 5. The highest BCUT2D eigenvalue weighted by Gasteiger charge is 2.17. The second-order valence-corrected chi connectivity index (χ2v) is 7.49. The van der Waals surface area contributed by atoms with Gasteiger partial charge < -0.3 is 4.74 Å². The van der Waals surface area contributed by atoms with Gasteiger partial charge in [0.1, 0.15) is 17.1 Å². The van der Waals surface area contributed by atoms with Crippen molar-refractivity contribution < 1.29 is 9.53 Å². The number of nitrogens with zero attached hydrogens (tertiary/aromatic N) is 2. The third-order valence-electron chi connectivity index (χ3n) is 4.50. The molecule has 6 heteroatoms. The molecule has 4 rings (SSSR count). The summed E-state index contributed by atoms with van der Waals surface area (Å²) in [5, 5.41) is 1.87. The van der Waals surface area contributed by atoms with E-state index in [9.17, 15) is 9.59 Å². The Morgan fingerprint density at radius 3 is 2.71 bits per heavy atom. The third kappa shape index (κ3) is 3.46. The SMILES string of the molecule is Cc1ccc(-c2ccsc2C(=O)OCc2cc(=O)n3cccc(C)c3n2)cc1. The highest BCUT2D eigenvalue weighted by Crippen LogP contribution is 2.29. The van der Waals surface area contributed by atoms with Gasteiger partial charge in [-0.25, -0.2) is 9.78 Å². The van der Waals surface area contributed by atoms with E-state index in [2.05, 4.69) is 4.98 Å². The van der Waals surface area contributed by atoms with Crippen LogP contribution in [0.2, 0.25) is 0 Å². The van der Waals surface area contributed by atoms with Gasteiger partial charge in [0.2, 0.25) is 0 Å². The van der Waals surface area contributed by atoms with E-state index in [0.29, 0.717) is 16.2 Å². The molecule has 0 aliphatic heterocycles. The van der Waals surface area contributed by atoms with E-state index in [0.717, 1.165) is 22.3 Å². The highest BCUT2D eigenvalue weighted by atomic mass is 32.1. The molecule has 0 aliphatic rings. The van der Waals surface area contributed by atoms with Crippen LogP contribution < -0.4 is 5.56 Å². The molecule has 0 amide bonds. The first-order chi connectivity index (χ1) is 13.5. The minimum atomic E-state index is -0.419. The topological polar surface area (TPSA) is 60.7 Å². The zero-order valence-corrected chi connectivity index (χ0v) is 16.3. The molecular formula is C22H18N2O3S. The smallest absolute Gasteiger partial charge is 0.349 e.